The van der Waals surface area contributed by atoms with Crippen LogP contribution in [0.1, 0.15) is 21.7 Å². The fourth-order valence-electron chi connectivity index (χ4n) is 2.83. The Morgan fingerprint density at radius 3 is 2.68 bits per heavy atom. The Morgan fingerprint density at radius 2 is 1.88 bits per heavy atom. The highest BCUT2D eigenvalue weighted by Gasteiger charge is 2.17. The van der Waals surface area contributed by atoms with Crippen molar-refractivity contribution < 1.29 is 9.21 Å². The van der Waals surface area contributed by atoms with Crippen molar-refractivity contribution in [1.82, 2.24) is 15.1 Å². The molecule has 1 N–H and O–H groups in total. The largest absolute Gasteiger partial charge is 0.451 e. The first-order chi connectivity index (χ1) is 12.2. The molecule has 0 bridgehead atoms. The lowest BCUT2D eigenvalue weighted by Crippen LogP contribution is -2.22. The van der Waals surface area contributed by atoms with E-state index in [1.54, 1.807) is 10.9 Å². The Labute approximate surface area is 144 Å². The third-order valence-electron chi connectivity index (χ3n) is 4.16. The maximum atomic E-state index is 12.5. The van der Waals surface area contributed by atoms with Crippen LogP contribution in [0.5, 0.6) is 0 Å². The molecule has 124 valence electrons. The van der Waals surface area contributed by atoms with Crippen molar-refractivity contribution in [3.05, 3.63) is 83.9 Å². The SMILES string of the molecule is Cc1c(C(=O)NCc2cnn(-c3ccccc3)c2)oc2ccccc12. The molecule has 0 aliphatic heterocycles. The second-order valence-electron chi connectivity index (χ2n) is 5.86. The summed E-state index contributed by atoms with van der Waals surface area (Å²) >= 11 is 0. The molecule has 4 rings (SSSR count). The van der Waals surface area contributed by atoms with E-state index < -0.39 is 0 Å². The first-order valence-electron chi connectivity index (χ1n) is 8.07. The van der Waals surface area contributed by atoms with E-state index in [1.165, 1.54) is 0 Å². The minimum Gasteiger partial charge on any atom is -0.451 e. The second kappa shape index (κ2) is 6.28. The quantitative estimate of drug-likeness (QED) is 0.618. The normalized spacial score (nSPS) is 10.9. The van der Waals surface area contributed by atoms with Gasteiger partial charge in [0.15, 0.2) is 5.76 Å². The lowest BCUT2D eigenvalue weighted by molar-refractivity contribution is 0.0924. The van der Waals surface area contributed by atoms with Crippen LogP contribution in [0.25, 0.3) is 16.7 Å². The number of aromatic nitrogens is 2. The average molecular weight is 331 g/mol. The molecule has 0 unspecified atom stereocenters. The van der Waals surface area contributed by atoms with Gasteiger partial charge in [-0.25, -0.2) is 4.68 Å². The van der Waals surface area contributed by atoms with Crippen LogP contribution in [0, 0.1) is 6.92 Å². The van der Waals surface area contributed by atoms with E-state index in [-0.39, 0.29) is 5.91 Å². The molecular weight excluding hydrogens is 314 g/mol. The number of nitrogens with zero attached hydrogens (tertiary/aromatic N) is 2. The zero-order valence-corrected chi connectivity index (χ0v) is 13.8. The highest BCUT2D eigenvalue weighted by molar-refractivity contribution is 5.98. The minimum atomic E-state index is -0.221. The van der Waals surface area contributed by atoms with Crippen LogP contribution in [-0.4, -0.2) is 15.7 Å². The number of para-hydroxylation sites is 2. The number of aryl methyl sites for hydroxylation is 1. The zero-order valence-electron chi connectivity index (χ0n) is 13.8. The summed E-state index contributed by atoms with van der Waals surface area (Å²) in [6.07, 6.45) is 3.65. The van der Waals surface area contributed by atoms with E-state index in [1.807, 2.05) is 67.7 Å². The number of rotatable bonds is 4. The van der Waals surface area contributed by atoms with Crippen LogP contribution in [0.15, 0.2) is 71.4 Å². The van der Waals surface area contributed by atoms with Gasteiger partial charge in [-0.1, -0.05) is 36.4 Å². The van der Waals surface area contributed by atoms with E-state index in [0.717, 1.165) is 27.8 Å². The highest BCUT2D eigenvalue weighted by Crippen LogP contribution is 2.24. The summed E-state index contributed by atoms with van der Waals surface area (Å²) in [6.45, 7) is 2.29. The van der Waals surface area contributed by atoms with Crippen molar-refractivity contribution in [1.29, 1.82) is 0 Å². The predicted octanol–water partition coefficient (Wildman–Crippen LogP) is 3.86. The molecule has 1 amide bonds. The molecule has 0 atom stereocenters. The minimum absolute atomic E-state index is 0.221. The van der Waals surface area contributed by atoms with Gasteiger partial charge in [-0.2, -0.15) is 5.10 Å². The van der Waals surface area contributed by atoms with E-state index in [9.17, 15) is 4.79 Å². The summed E-state index contributed by atoms with van der Waals surface area (Å²) in [5.74, 6) is 0.137. The number of fused-ring (bicyclic) bond motifs is 1. The molecule has 5 heteroatoms. The summed E-state index contributed by atoms with van der Waals surface area (Å²) in [7, 11) is 0. The van der Waals surface area contributed by atoms with Crippen molar-refractivity contribution >= 4 is 16.9 Å². The standard InChI is InChI=1S/C20H17N3O2/c1-14-17-9-5-6-10-18(17)25-19(14)20(24)21-11-15-12-22-23(13-15)16-7-3-2-4-8-16/h2-10,12-13H,11H2,1H3,(H,21,24). The topological polar surface area (TPSA) is 60.1 Å². The first-order valence-corrected chi connectivity index (χ1v) is 8.07. The van der Waals surface area contributed by atoms with Crippen molar-refractivity contribution in [3.8, 4) is 5.69 Å². The third-order valence-corrected chi connectivity index (χ3v) is 4.16. The van der Waals surface area contributed by atoms with Gasteiger partial charge < -0.3 is 9.73 Å². The van der Waals surface area contributed by atoms with E-state index in [2.05, 4.69) is 10.4 Å². The van der Waals surface area contributed by atoms with Gasteiger partial charge in [0.25, 0.3) is 5.91 Å². The maximum absolute atomic E-state index is 12.5. The smallest absolute Gasteiger partial charge is 0.287 e. The highest BCUT2D eigenvalue weighted by atomic mass is 16.3. The molecule has 0 radical (unpaired) electrons. The molecule has 0 saturated carbocycles. The van der Waals surface area contributed by atoms with Gasteiger partial charge in [-0.3, -0.25) is 4.79 Å². The molecule has 0 fully saturated rings. The average Bonchev–Trinajstić information content (AvgIpc) is 3.26. The Bertz CT molecular complexity index is 1030. The monoisotopic (exact) mass is 331 g/mol. The summed E-state index contributed by atoms with van der Waals surface area (Å²) in [6, 6.07) is 17.5. The van der Waals surface area contributed by atoms with E-state index >= 15 is 0 Å². The van der Waals surface area contributed by atoms with Crippen LogP contribution in [0.4, 0.5) is 0 Å². The molecule has 4 aromatic rings. The number of nitrogens with one attached hydrogen (secondary N) is 1. The summed E-state index contributed by atoms with van der Waals surface area (Å²) < 4.78 is 7.48. The molecule has 5 nitrogen and oxygen atoms in total. The number of carbonyl (C=O) groups excluding carboxylic acids is 1. The van der Waals surface area contributed by atoms with Gasteiger partial charge in [-0.15, -0.1) is 0 Å². The van der Waals surface area contributed by atoms with Gasteiger partial charge in [0.1, 0.15) is 5.58 Å². The molecule has 2 heterocycles. The van der Waals surface area contributed by atoms with Gasteiger partial charge in [0.05, 0.1) is 11.9 Å². The van der Waals surface area contributed by atoms with Crippen LogP contribution in [0.3, 0.4) is 0 Å². The first kappa shape index (κ1) is 15.2. The third kappa shape index (κ3) is 2.92. The molecule has 0 saturated heterocycles. The molecule has 25 heavy (non-hydrogen) atoms. The fraction of sp³-hybridized carbons (Fsp3) is 0.100. The Balaban J connectivity index is 1.48. The second-order valence-corrected chi connectivity index (χ2v) is 5.86. The van der Waals surface area contributed by atoms with Gasteiger partial charge in [-0.05, 0) is 25.1 Å². The van der Waals surface area contributed by atoms with Crippen molar-refractivity contribution in [2.75, 3.05) is 0 Å². The van der Waals surface area contributed by atoms with Crippen LogP contribution in [-0.2, 0) is 6.54 Å². The lowest BCUT2D eigenvalue weighted by Gasteiger charge is -2.02. The Morgan fingerprint density at radius 1 is 1.12 bits per heavy atom. The molecular formula is C20H17N3O2. The number of hydrogen-bond donors (Lipinski definition) is 1. The lowest BCUT2D eigenvalue weighted by atomic mass is 10.1. The van der Waals surface area contributed by atoms with Crippen LogP contribution < -0.4 is 5.32 Å². The molecule has 0 aliphatic carbocycles. The van der Waals surface area contributed by atoms with Crippen LogP contribution in [0.2, 0.25) is 0 Å². The van der Waals surface area contributed by atoms with Gasteiger partial charge >= 0.3 is 0 Å². The zero-order chi connectivity index (χ0) is 17.2. The van der Waals surface area contributed by atoms with Crippen molar-refractivity contribution in [2.45, 2.75) is 13.5 Å². The van der Waals surface area contributed by atoms with Gasteiger partial charge in [0, 0.05) is 29.3 Å². The molecule has 2 aromatic heterocycles. The number of furan rings is 1. The summed E-state index contributed by atoms with van der Waals surface area (Å²) in [5.41, 5.74) is 3.48. The molecule has 2 aromatic carbocycles. The predicted molar refractivity (Wildman–Crippen MR) is 95.7 cm³/mol. The number of benzene rings is 2. The van der Waals surface area contributed by atoms with Gasteiger partial charge in [0.2, 0.25) is 0 Å². The number of amides is 1. The molecule has 0 aliphatic rings. The van der Waals surface area contributed by atoms with Crippen LogP contribution >= 0.6 is 0 Å². The Hall–Kier alpha value is -3.34. The Kier molecular flexibility index (Phi) is 3.82. The van der Waals surface area contributed by atoms with E-state index in [0.29, 0.717) is 12.3 Å². The summed E-state index contributed by atoms with van der Waals surface area (Å²) in [5, 5.41) is 8.19. The maximum Gasteiger partial charge on any atom is 0.287 e. The number of carbonyl (C=O) groups is 1. The summed E-state index contributed by atoms with van der Waals surface area (Å²) in [4.78, 5) is 12.5. The van der Waals surface area contributed by atoms with Crippen molar-refractivity contribution in [3.63, 3.8) is 0 Å². The molecule has 0 spiro atoms. The van der Waals surface area contributed by atoms with E-state index in [4.69, 9.17) is 4.42 Å². The fourth-order valence-corrected chi connectivity index (χ4v) is 2.83. The van der Waals surface area contributed by atoms with Crippen molar-refractivity contribution in [2.24, 2.45) is 0 Å². The number of hydrogen-bond acceptors (Lipinski definition) is 3.